The first-order chi connectivity index (χ1) is 17.4. The van der Waals surface area contributed by atoms with E-state index in [4.69, 9.17) is 9.73 Å². The zero-order valence-electron chi connectivity index (χ0n) is 19.2. The largest absolute Gasteiger partial charge is 0.506 e. The molecule has 3 aromatic carbocycles. The number of phenolic OH excluding ortho intramolecular Hbond substituents is 1. The molecular weight excluding hydrogens is 698 g/mol. The number of aryl methyl sites for hydroxylation is 1. The zero-order valence-corrected chi connectivity index (χ0v) is 24.3. The number of nitrogens with zero attached hydrogens (tertiary/aromatic N) is 2. The van der Waals surface area contributed by atoms with Crippen molar-refractivity contribution < 1.29 is 9.84 Å². The quantitative estimate of drug-likeness (QED) is 0.295. The Kier molecular flexibility index (Phi) is 6.29. The molecule has 6 rings (SSSR count). The third-order valence-corrected chi connectivity index (χ3v) is 9.25. The van der Waals surface area contributed by atoms with Gasteiger partial charge in [0.15, 0.2) is 4.80 Å². The summed E-state index contributed by atoms with van der Waals surface area (Å²) in [6.45, 7) is 0. The number of methoxy groups -OCH3 is 1. The van der Waals surface area contributed by atoms with Crippen LogP contribution in [0.3, 0.4) is 0 Å². The Morgan fingerprint density at radius 1 is 1.08 bits per heavy atom. The number of aromatic nitrogens is 1. The summed E-state index contributed by atoms with van der Waals surface area (Å²) in [7, 11) is 1.66. The van der Waals surface area contributed by atoms with Gasteiger partial charge in [0.25, 0.3) is 5.56 Å². The van der Waals surface area contributed by atoms with Crippen LogP contribution in [0.25, 0.3) is 11.8 Å². The van der Waals surface area contributed by atoms with Crippen molar-refractivity contribution in [2.45, 2.75) is 18.9 Å². The Bertz CT molecular complexity index is 1730. The van der Waals surface area contributed by atoms with Crippen LogP contribution in [0.1, 0.15) is 34.7 Å². The molecule has 5 nitrogen and oxygen atoms in total. The molecular formula is C28H20I2N2O3S. The normalized spacial score (nSPS) is 16.8. The van der Waals surface area contributed by atoms with Crippen molar-refractivity contribution in [1.82, 2.24) is 4.57 Å². The number of ether oxygens (including phenoxy) is 1. The van der Waals surface area contributed by atoms with E-state index in [2.05, 4.69) is 69.4 Å². The second-order valence-corrected chi connectivity index (χ2v) is 12.1. The molecule has 2 aliphatic rings. The lowest BCUT2D eigenvalue weighted by Crippen LogP contribution is -2.38. The second-order valence-electron chi connectivity index (χ2n) is 8.72. The van der Waals surface area contributed by atoms with Crippen LogP contribution >= 0.6 is 56.5 Å². The zero-order chi connectivity index (χ0) is 25.0. The lowest BCUT2D eigenvalue weighted by molar-refractivity contribution is 0.413. The van der Waals surface area contributed by atoms with Crippen molar-refractivity contribution in [3.05, 3.63) is 115 Å². The molecule has 1 aliphatic heterocycles. The topological polar surface area (TPSA) is 63.8 Å². The number of benzene rings is 3. The summed E-state index contributed by atoms with van der Waals surface area (Å²) in [5, 5.41) is 10.2. The van der Waals surface area contributed by atoms with Gasteiger partial charge in [-0.15, -0.1) is 0 Å². The minimum Gasteiger partial charge on any atom is -0.506 e. The molecule has 1 N–H and O–H groups in total. The standard InChI is InChI=1S/C28H20I2N2O3S/c1-35-18-7-4-6-17(14-18)25-20-10-9-16-5-2-3-8-19(16)24(20)31-28-32(25)27(34)23(36-28)13-15-11-21(29)26(33)22(30)12-15/h2-8,11-14,25,33H,9-10H2,1H3/b23-13+/t25-/m0/s1. The van der Waals surface area contributed by atoms with Crippen LogP contribution in [-0.4, -0.2) is 16.8 Å². The van der Waals surface area contributed by atoms with Gasteiger partial charge < -0.3 is 9.84 Å². The van der Waals surface area contributed by atoms with E-state index in [9.17, 15) is 9.90 Å². The molecule has 1 aromatic heterocycles. The Balaban J connectivity index is 1.62. The number of thiazole rings is 1. The summed E-state index contributed by atoms with van der Waals surface area (Å²) in [5.74, 6) is 1.03. The summed E-state index contributed by atoms with van der Waals surface area (Å²) in [6, 6.07) is 19.9. The van der Waals surface area contributed by atoms with Crippen molar-refractivity contribution in [3.8, 4) is 11.5 Å². The lowest BCUT2D eigenvalue weighted by atomic mass is 9.83. The predicted molar refractivity (Wildman–Crippen MR) is 159 cm³/mol. The number of rotatable bonds is 3. The molecule has 180 valence electrons. The van der Waals surface area contributed by atoms with E-state index in [-0.39, 0.29) is 17.4 Å². The third-order valence-electron chi connectivity index (χ3n) is 6.62. The van der Waals surface area contributed by atoms with Crippen LogP contribution in [0.4, 0.5) is 0 Å². The van der Waals surface area contributed by atoms with E-state index in [1.54, 1.807) is 7.11 Å². The molecule has 36 heavy (non-hydrogen) atoms. The predicted octanol–water partition coefficient (Wildman–Crippen LogP) is 5.24. The highest BCUT2D eigenvalue weighted by Gasteiger charge is 2.32. The first-order valence-electron chi connectivity index (χ1n) is 11.4. The first-order valence-corrected chi connectivity index (χ1v) is 14.4. The Labute approximate surface area is 238 Å². The molecule has 1 aliphatic carbocycles. The molecule has 0 spiro atoms. The highest BCUT2D eigenvalue weighted by atomic mass is 127. The van der Waals surface area contributed by atoms with Crippen LogP contribution in [0.5, 0.6) is 11.5 Å². The van der Waals surface area contributed by atoms with Gasteiger partial charge in [-0.2, -0.15) is 0 Å². The van der Waals surface area contributed by atoms with Gasteiger partial charge in [0.2, 0.25) is 0 Å². The van der Waals surface area contributed by atoms with Gasteiger partial charge in [-0.25, -0.2) is 4.99 Å². The van der Waals surface area contributed by atoms with Gasteiger partial charge >= 0.3 is 0 Å². The Hall–Kier alpha value is -2.44. The van der Waals surface area contributed by atoms with Crippen molar-refractivity contribution in [1.29, 1.82) is 0 Å². The molecule has 4 aromatic rings. The summed E-state index contributed by atoms with van der Waals surface area (Å²) in [6.07, 6.45) is 3.66. The monoisotopic (exact) mass is 718 g/mol. The van der Waals surface area contributed by atoms with E-state index in [1.807, 2.05) is 47.0 Å². The summed E-state index contributed by atoms with van der Waals surface area (Å²) < 4.78 is 9.48. The van der Waals surface area contributed by atoms with Gasteiger partial charge in [-0.05, 0) is 111 Å². The number of hydrogen-bond donors (Lipinski definition) is 1. The first kappa shape index (κ1) is 23.9. The fraction of sp³-hybridized carbons (Fsp3) is 0.143. The van der Waals surface area contributed by atoms with Crippen LogP contribution in [0.15, 0.2) is 76.0 Å². The number of halogens is 2. The molecule has 0 bridgehead atoms. The van der Waals surface area contributed by atoms with Gasteiger partial charge in [0, 0.05) is 5.56 Å². The van der Waals surface area contributed by atoms with Gasteiger partial charge in [-0.1, -0.05) is 47.7 Å². The van der Waals surface area contributed by atoms with Gasteiger partial charge in [0.1, 0.15) is 11.5 Å². The summed E-state index contributed by atoms with van der Waals surface area (Å²) >= 11 is 5.63. The minimum atomic E-state index is -0.248. The maximum atomic E-state index is 13.9. The smallest absolute Gasteiger partial charge is 0.271 e. The van der Waals surface area contributed by atoms with Crippen LogP contribution in [0.2, 0.25) is 0 Å². The highest BCUT2D eigenvalue weighted by Crippen LogP contribution is 2.41. The third kappa shape index (κ3) is 4.03. The number of allylic oxidation sites excluding steroid dienone is 1. The molecule has 0 unspecified atom stereocenters. The van der Waals surface area contributed by atoms with E-state index in [0.717, 1.165) is 53.7 Å². The maximum Gasteiger partial charge on any atom is 0.271 e. The fourth-order valence-corrected chi connectivity index (χ4v) is 7.77. The SMILES string of the molecule is COc1cccc([C@H]2C3=C(N=c4s/c(=C/c5cc(I)c(O)c(I)c5)c(=O)n42)c2ccccc2CC3)c1. The molecule has 2 heterocycles. The lowest BCUT2D eigenvalue weighted by Gasteiger charge is -2.31. The van der Waals surface area contributed by atoms with Crippen LogP contribution in [0, 0.1) is 7.14 Å². The van der Waals surface area contributed by atoms with Crippen molar-refractivity contribution >= 4 is 68.3 Å². The molecule has 1 atom stereocenters. The van der Waals surface area contributed by atoms with E-state index < -0.39 is 0 Å². The summed E-state index contributed by atoms with van der Waals surface area (Å²) in [5.41, 5.74) is 6.40. The number of aromatic hydroxyl groups is 1. The molecule has 0 fully saturated rings. The number of fused-ring (bicyclic) bond motifs is 3. The van der Waals surface area contributed by atoms with Crippen molar-refractivity contribution in [2.24, 2.45) is 4.99 Å². The van der Waals surface area contributed by atoms with Gasteiger partial charge in [-0.3, -0.25) is 9.36 Å². The molecule has 8 heteroatoms. The Morgan fingerprint density at radius 3 is 2.64 bits per heavy atom. The van der Waals surface area contributed by atoms with E-state index in [1.165, 1.54) is 16.9 Å². The molecule has 0 amide bonds. The van der Waals surface area contributed by atoms with Gasteiger partial charge in [0.05, 0.1) is 30.5 Å². The maximum absolute atomic E-state index is 13.9. The summed E-state index contributed by atoms with van der Waals surface area (Å²) in [4.78, 5) is 19.6. The number of phenols is 1. The highest BCUT2D eigenvalue weighted by molar-refractivity contribution is 14.1. The minimum absolute atomic E-state index is 0.0601. The average Bonchev–Trinajstić information content (AvgIpc) is 3.20. The van der Waals surface area contributed by atoms with Crippen molar-refractivity contribution in [3.63, 3.8) is 0 Å². The Morgan fingerprint density at radius 2 is 1.86 bits per heavy atom. The van der Waals surface area contributed by atoms with Crippen LogP contribution < -0.4 is 19.6 Å². The molecule has 0 radical (unpaired) electrons. The average molecular weight is 718 g/mol. The molecule has 0 saturated heterocycles. The number of hydrogen-bond acceptors (Lipinski definition) is 5. The van der Waals surface area contributed by atoms with Crippen LogP contribution in [-0.2, 0) is 6.42 Å². The van der Waals surface area contributed by atoms with E-state index >= 15 is 0 Å². The second kappa shape index (κ2) is 9.46. The van der Waals surface area contributed by atoms with E-state index in [0.29, 0.717) is 9.33 Å². The fourth-order valence-electron chi connectivity index (χ4n) is 4.95. The molecule has 0 saturated carbocycles. The van der Waals surface area contributed by atoms with Crippen molar-refractivity contribution in [2.75, 3.05) is 7.11 Å².